The molecule has 0 aromatic carbocycles. The molecular formula is C14H29N3O2. The van der Waals surface area contributed by atoms with Crippen LogP contribution in [0.15, 0.2) is 0 Å². The summed E-state index contributed by atoms with van der Waals surface area (Å²) in [5, 5.41) is 2.90. The third-order valence-corrected chi connectivity index (χ3v) is 3.40. The van der Waals surface area contributed by atoms with Crippen LogP contribution in [0, 0.1) is 5.92 Å². The van der Waals surface area contributed by atoms with Gasteiger partial charge in [-0.25, -0.2) is 0 Å². The van der Waals surface area contributed by atoms with Crippen molar-refractivity contribution < 1.29 is 9.53 Å². The zero-order valence-electron chi connectivity index (χ0n) is 12.5. The van der Waals surface area contributed by atoms with E-state index in [1.165, 1.54) is 12.8 Å². The van der Waals surface area contributed by atoms with Crippen molar-refractivity contribution in [2.24, 2.45) is 11.7 Å². The molecule has 1 aliphatic carbocycles. The van der Waals surface area contributed by atoms with E-state index in [-0.39, 0.29) is 18.0 Å². The zero-order valence-corrected chi connectivity index (χ0v) is 12.5. The van der Waals surface area contributed by atoms with Gasteiger partial charge >= 0.3 is 0 Å². The number of nitrogens with zero attached hydrogens (tertiary/aromatic N) is 1. The van der Waals surface area contributed by atoms with E-state index in [9.17, 15) is 4.79 Å². The van der Waals surface area contributed by atoms with Gasteiger partial charge in [0.05, 0.1) is 6.61 Å². The Morgan fingerprint density at radius 2 is 2.16 bits per heavy atom. The fraction of sp³-hybridized carbons (Fsp3) is 0.929. The predicted octanol–water partition coefficient (Wildman–Crippen LogP) is 0.587. The molecule has 0 spiro atoms. The minimum absolute atomic E-state index is 0.0659. The molecule has 5 heteroatoms. The van der Waals surface area contributed by atoms with Gasteiger partial charge in [-0.3, -0.25) is 9.69 Å². The number of carbonyl (C=O) groups excluding carboxylic acids is 1. The van der Waals surface area contributed by atoms with Gasteiger partial charge in [0.1, 0.15) is 0 Å². The minimum atomic E-state index is 0.0659. The summed E-state index contributed by atoms with van der Waals surface area (Å²) in [5.41, 5.74) is 5.75. The van der Waals surface area contributed by atoms with Gasteiger partial charge < -0.3 is 15.8 Å². The lowest BCUT2D eigenvalue weighted by molar-refractivity contribution is -0.122. The molecule has 1 rings (SSSR count). The molecular weight excluding hydrogens is 242 g/mol. The van der Waals surface area contributed by atoms with Crippen molar-refractivity contribution in [2.75, 3.05) is 33.4 Å². The molecule has 0 bridgehead atoms. The third-order valence-electron chi connectivity index (χ3n) is 3.40. The summed E-state index contributed by atoms with van der Waals surface area (Å²) in [6.45, 7) is 6.84. The highest BCUT2D eigenvalue weighted by Crippen LogP contribution is 2.28. The molecule has 1 aliphatic rings. The first kappa shape index (κ1) is 16.4. The standard InChI is InChI=1S/C14H29N3O2/c1-11(2)16-14(18)8-13(9-15)17(3)6-7-19-10-12-4-5-12/h11-13H,4-10,15H2,1-3H3,(H,16,18). The topological polar surface area (TPSA) is 67.6 Å². The number of amides is 1. The molecule has 1 fully saturated rings. The lowest BCUT2D eigenvalue weighted by Gasteiger charge is -2.26. The molecule has 0 aromatic rings. The number of hydrogen-bond donors (Lipinski definition) is 2. The van der Waals surface area contributed by atoms with Crippen LogP contribution in [-0.2, 0) is 9.53 Å². The maximum atomic E-state index is 11.7. The zero-order chi connectivity index (χ0) is 14.3. The Kier molecular flexibility index (Phi) is 7.34. The van der Waals surface area contributed by atoms with E-state index in [0.717, 1.165) is 25.7 Å². The maximum absolute atomic E-state index is 11.7. The highest BCUT2D eigenvalue weighted by atomic mass is 16.5. The van der Waals surface area contributed by atoms with Crippen molar-refractivity contribution in [1.82, 2.24) is 10.2 Å². The molecule has 5 nitrogen and oxygen atoms in total. The molecule has 1 amide bonds. The summed E-state index contributed by atoms with van der Waals surface area (Å²) < 4.78 is 5.61. The second kappa shape index (κ2) is 8.51. The van der Waals surface area contributed by atoms with Crippen LogP contribution in [0.4, 0.5) is 0 Å². The molecule has 1 unspecified atom stereocenters. The smallest absolute Gasteiger partial charge is 0.221 e. The van der Waals surface area contributed by atoms with Gasteiger partial charge in [0.2, 0.25) is 5.91 Å². The lowest BCUT2D eigenvalue weighted by Crippen LogP contribution is -2.44. The fourth-order valence-electron chi connectivity index (χ4n) is 1.94. The summed E-state index contributed by atoms with van der Waals surface area (Å²) in [7, 11) is 2.00. The van der Waals surface area contributed by atoms with E-state index >= 15 is 0 Å². The van der Waals surface area contributed by atoms with Crippen molar-refractivity contribution >= 4 is 5.91 Å². The van der Waals surface area contributed by atoms with Crippen LogP contribution in [0.1, 0.15) is 33.1 Å². The van der Waals surface area contributed by atoms with Gasteiger partial charge in [-0.05, 0) is 39.7 Å². The summed E-state index contributed by atoms with van der Waals surface area (Å²) in [6, 6.07) is 0.265. The number of likely N-dealkylation sites (N-methyl/N-ethyl adjacent to an activating group) is 1. The Morgan fingerprint density at radius 3 is 2.68 bits per heavy atom. The van der Waals surface area contributed by atoms with Gasteiger partial charge in [-0.1, -0.05) is 0 Å². The lowest BCUT2D eigenvalue weighted by atomic mass is 10.1. The highest BCUT2D eigenvalue weighted by molar-refractivity contribution is 5.76. The van der Waals surface area contributed by atoms with Crippen LogP contribution < -0.4 is 11.1 Å². The molecule has 19 heavy (non-hydrogen) atoms. The maximum Gasteiger partial charge on any atom is 0.221 e. The van der Waals surface area contributed by atoms with Gasteiger partial charge in [0.25, 0.3) is 0 Å². The SMILES string of the molecule is CC(C)NC(=O)CC(CN)N(C)CCOCC1CC1. The Bertz CT molecular complexity index is 267. The first-order valence-corrected chi connectivity index (χ1v) is 7.30. The van der Waals surface area contributed by atoms with Crippen LogP contribution in [0.3, 0.4) is 0 Å². The second-order valence-electron chi connectivity index (χ2n) is 5.81. The molecule has 0 aromatic heterocycles. The van der Waals surface area contributed by atoms with Crippen molar-refractivity contribution in [1.29, 1.82) is 0 Å². The normalized spacial score (nSPS) is 16.9. The Labute approximate surface area is 116 Å². The number of hydrogen-bond acceptors (Lipinski definition) is 4. The van der Waals surface area contributed by atoms with E-state index in [4.69, 9.17) is 10.5 Å². The minimum Gasteiger partial charge on any atom is -0.380 e. The van der Waals surface area contributed by atoms with Crippen LogP contribution in [0.5, 0.6) is 0 Å². The summed E-state index contributed by atoms with van der Waals surface area (Å²) >= 11 is 0. The number of carbonyl (C=O) groups is 1. The van der Waals surface area contributed by atoms with Crippen molar-refractivity contribution in [3.05, 3.63) is 0 Å². The van der Waals surface area contributed by atoms with E-state index in [1.807, 2.05) is 20.9 Å². The van der Waals surface area contributed by atoms with E-state index in [1.54, 1.807) is 0 Å². The molecule has 1 atom stereocenters. The first-order chi connectivity index (χ1) is 9.02. The van der Waals surface area contributed by atoms with Crippen molar-refractivity contribution in [2.45, 2.75) is 45.2 Å². The number of ether oxygens (including phenoxy) is 1. The third kappa shape index (κ3) is 7.50. The van der Waals surface area contributed by atoms with E-state index in [2.05, 4.69) is 10.2 Å². The molecule has 3 N–H and O–H groups in total. The van der Waals surface area contributed by atoms with Crippen LogP contribution in [0.2, 0.25) is 0 Å². The second-order valence-corrected chi connectivity index (χ2v) is 5.81. The Morgan fingerprint density at radius 1 is 1.47 bits per heavy atom. The average Bonchev–Trinajstić information content (AvgIpc) is 3.14. The Balaban J connectivity index is 2.17. The largest absolute Gasteiger partial charge is 0.380 e. The van der Waals surface area contributed by atoms with Gasteiger partial charge in [0, 0.05) is 38.2 Å². The number of nitrogens with one attached hydrogen (secondary N) is 1. The number of rotatable bonds is 10. The molecule has 0 heterocycles. The van der Waals surface area contributed by atoms with Gasteiger partial charge in [0.15, 0.2) is 0 Å². The molecule has 0 aliphatic heterocycles. The van der Waals surface area contributed by atoms with E-state index in [0.29, 0.717) is 13.0 Å². The predicted molar refractivity (Wildman–Crippen MR) is 76.9 cm³/mol. The molecule has 1 saturated carbocycles. The summed E-state index contributed by atoms with van der Waals surface area (Å²) in [6.07, 6.45) is 3.08. The van der Waals surface area contributed by atoms with Gasteiger partial charge in [-0.2, -0.15) is 0 Å². The molecule has 0 radical (unpaired) electrons. The van der Waals surface area contributed by atoms with Crippen molar-refractivity contribution in [3.63, 3.8) is 0 Å². The summed E-state index contributed by atoms with van der Waals surface area (Å²) in [5.74, 6) is 0.864. The quantitative estimate of drug-likeness (QED) is 0.571. The average molecular weight is 271 g/mol. The van der Waals surface area contributed by atoms with Crippen LogP contribution >= 0.6 is 0 Å². The monoisotopic (exact) mass is 271 g/mol. The van der Waals surface area contributed by atoms with Crippen LogP contribution in [-0.4, -0.2) is 56.2 Å². The molecule has 0 saturated heterocycles. The van der Waals surface area contributed by atoms with Crippen LogP contribution in [0.25, 0.3) is 0 Å². The van der Waals surface area contributed by atoms with Gasteiger partial charge in [-0.15, -0.1) is 0 Å². The van der Waals surface area contributed by atoms with Crippen molar-refractivity contribution in [3.8, 4) is 0 Å². The molecule has 112 valence electrons. The summed E-state index contributed by atoms with van der Waals surface area (Å²) in [4.78, 5) is 13.8. The van der Waals surface area contributed by atoms with E-state index < -0.39 is 0 Å². The highest BCUT2D eigenvalue weighted by Gasteiger charge is 2.21. The Hall–Kier alpha value is -0.650. The first-order valence-electron chi connectivity index (χ1n) is 7.30. The number of nitrogens with two attached hydrogens (primary N) is 1. The fourth-order valence-corrected chi connectivity index (χ4v) is 1.94.